The largest absolute Gasteiger partial charge is 0.507 e. The molecule has 7 rings (SSSR count). The van der Waals surface area contributed by atoms with Crippen molar-refractivity contribution in [3.63, 3.8) is 0 Å². The van der Waals surface area contributed by atoms with Crippen LogP contribution >= 0.6 is 0 Å². The van der Waals surface area contributed by atoms with Gasteiger partial charge in [0.15, 0.2) is 28.6 Å². The summed E-state index contributed by atoms with van der Waals surface area (Å²) in [6.45, 7) is 8.13. The number of benzene rings is 3. The van der Waals surface area contributed by atoms with Gasteiger partial charge >= 0.3 is 11.9 Å². The molecule has 14 heteroatoms. The number of rotatable bonds is 5. The Labute approximate surface area is 295 Å². The van der Waals surface area contributed by atoms with Crippen molar-refractivity contribution < 1.29 is 68.5 Å². The number of Topliss-reactive ketones (excluding diaryl/α,β-unsaturated/α-hetero) is 2. The van der Waals surface area contributed by atoms with Gasteiger partial charge in [-0.15, -0.1) is 0 Å². The first-order chi connectivity index (χ1) is 24.2. The van der Waals surface area contributed by atoms with Crippen molar-refractivity contribution in [2.75, 3.05) is 0 Å². The zero-order valence-electron chi connectivity index (χ0n) is 28.8. The lowest BCUT2D eigenvalue weighted by molar-refractivity contribution is -0.162. The third-order valence-corrected chi connectivity index (χ3v) is 10.8. The topological polar surface area (TPSA) is 235 Å². The highest BCUT2D eigenvalue weighted by Crippen LogP contribution is 2.71. The molecule has 0 spiro atoms. The Hall–Kier alpha value is -5.44. The Morgan fingerprint density at radius 3 is 2.02 bits per heavy atom. The first-order valence-corrected chi connectivity index (χ1v) is 16.5. The van der Waals surface area contributed by atoms with Crippen LogP contribution in [0.1, 0.15) is 112 Å². The monoisotopic (exact) mass is 714 g/mol. The van der Waals surface area contributed by atoms with E-state index >= 15 is 0 Å². The van der Waals surface area contributed by atoms with E-state index in [1.165, 1.54) is 58.0 Å². The van der Waals surface area contributed by atoms with Gasteiger partial charge in [-0.3, -0.25) is 28.8 Å². The third kappa shape index (κ3) is 4.28. The van der Waals surface area contributed by atoms with Crippen LogP contribution in [0.5, 0.6) is 17.2 Å². The average Bonchev–Trinajstić information content (AvgIpc) is 3.74. The van der Waals surface area contributed by atoms with E-state index in [-0.39, 0.29) is 33.4 Å². The Kier molecular flexibility index (Phi) is 7.42. The zero-order valence-corrected chi connectivity index (χ0v) is 28.8. The van der Waals surface area contributed by atoms with Crippen molar-refractivity contribution >= 4 is 35.1 Å². The lowest BCUT2D eigenvalue weighted by Gasteiger charge is -2.46. The van der Waals surface area contributed by atoms with E-state index in [0.29, 0.717) is 5.56 Å². The molecule has 52 heavy (non-hydrogen) atoms. The molecule has 0 bridgehead atoms. The maximum atomic E-state index is 14.3. The first-order valence-electron chi connectivity index (χ1n) is 16.5. The molecule has 0 aromatic heterocycles. The van der Waals surface area contributed by atoms with Gasteiger partial charge in [0.25, 0.3) is 0 Å². The minimum absolute atomic E-state index is 0.195. The maximum Gasteiger partial charge on any atom is 0.303 e. The summed E-state index contributed by atoms with van der Waals surface area (Å²) < 4.78 is 16.5. The molecule has 1 saturated carbocycles. The summed E-state index contributed by atoms with van der Waals surface area (Å²) >= 11 is 0. The number of aliphatic hydroxyl groups is 2. The van der Waals surface area contributed by atoms with Crippen molar-refractivity contribution in [2.45, 2.75) is 83.1 Å². The molecule has 4 aliphatic rings. The van der Waals surface area contributed by atoms with Crippen LogP contribution in [-0.4, -0.2) is 83.5 Å². The molecule has 7 atom stereocenters. The van der Waals surface area contributed by atoms with E-state index in [2.05, 4.69) is 0 Å². The second-order valence-corrected chi connectivity index (χ2v) is 14.1. The number of phenolic OH excluding ortho intramolecular Hbond substituents is 3. The quantitative estimate of drug-likeness (QED) is 0.148. The molecule has 14 nitrogen and oxygen atoms in total. The molecule has 2 fully saturated rings. The van der Waals surface area contributed by atoms with Gasteiger partial charge in [-0.25, -0.2) is 0 Å². The molecule has 3 aromatic carbocycles. The number of carbonyl (C=O) groups excluding carboxylic acids is 6. The number of ketones is 4. The highest BCUT2D eigenvalue weighted by Gasteiger charge is 2.90. The second kappa shape index (κ2) is 11.0. The van der Waals surface area contributed by atoms with Crippen LogP contribution in [0.25, 0.3) is 11.1 Å². The first kappa shape index (κ1) is 35.0. The van der Waals surface area contributed by atoms with Crippen LogP contribution in [0.2, 0.25) is 0 Å². The van der Waals surface area contributed by atoms with Crippen molar-refractivity contribution in [3.05, 3.63) is 74.8 Å². The van der Waals surface area contributed by atoms with E-state index in [1.54, 1.807) is 6.92 Å². The molecule has 270 valence electrons. The number of esters is 2. The van der Waals surface area contributed by atoms with E-state index in [1.807, 2.05) is 0 Å². The average molecular weight is 715 g/mol. The number of aliphatic hydroxyl groups excluding tert-OH is 1. The van der Waals surface area contributed by atoms with Crippen molar-refractivity contribution in [1.29, 1.82) is 0 Å². The molecule has 3 aliphatic carbocycles. The third-order valence-electron chi connectivity index (χ3n) is 10.8. The maximum absolute atomic E-state index is 14.3. The number of aromatic hydroxyl groups is 3. The minimum Gasteiger partial charge on any atom is -0.507 e. The molecular weight excluding hydrogens is 680 g/mol. The fourth-order valence-corrected chi connectivity index (χ4v) is 9.03. The molecule has 0 amide bonds. The normalized spacial score (nSPS) is 28.1. The summed E-state index contributed by atoms with van der Waals surface area (Å²) in [6, 6.07) is 6.15. The fourth-order valence-electron chi connectivity index (χ4n) is 9.03. The van der Waals surface area contributed by atoms with E-state index in [4.69, 9.17) is 14.2 Å². The predicted octanol–water partition coefficient (Wildman–Crippen LogP) is 3.21. The Morgan fingerprint density at radius 2 is 1.40 bits per heavy atom. The smallest absolute Gasteiger partial charge is 0.303 e. The number of phenols is 3. The lowest BCUT2D eigenvalue weighted by Crippen LogP contribution is -2.65. The van der Waals surface area contributed by atoms with E-state index in [0.717, 1.165) is 6.92 Å². The van der Waals surface area contributed by atoms with Crippen LogP contribution in [0.3, 0.4) is 0 Å². The van der Waals surface area contributed by atoms with Crippen molar-refractivity contribution in [2.24, 2.45) is 5.92 Å². The van der Waals surface area contributed by atoms with Crippen molar-refractivity contribution in [3.8, 4) is 28.4 Å². The van der Waals surface area contributed by atoms with Gasteiger partial charge in [0.1, 0.15) is 35.6 Å². The van der Waals surface area contributed by atoms with Gasteiger partial charge < -0.3 is 39.7 Å². The summed E-state index contributed by atoms with van der Waals surface area (Å²) in [5.74, 6) is -8.08. The number of fused-ring (bicyclic) bond motifs is 3. The van der Waals surface area contributed by atoms with Gasteiger partial charge in [0.2, 0.25) is 5.78 Å². The predicted molar refractivity (Wildman–Crippen MR) is 176 cm³/mol. The van der Waals surface area contributed by atoms with Gasteiger partial charge in [-0.05, 0) is 57.5 Å². The Morgan fingerprint density at radius 1 is 0.827 bits per heavy atom. The molecule has 1 unspecified atom stereocenters. The van der Waals surface area contributed by atoms with E-state index < -0.39 is 116 Å². The Balaban J connectivity index is 1.36. The summed E-state index contributed by atoms with van der Waals surface area (Å²) in [5.41, 5.74) is -8.13. The molecule has 3 aromatic rings. The summed E-state index contributed by atoms with van der Waals surface area (Å²) in [7, 11) is 0. The lowest BCUT2D eigenvalue weighted by atomic mass is 9.56. The molecule has 5 N–H and O–H groups in total. The number of ether oxygens (including phenoxy) is 3. The molecule has 1 heterocycles. The SMILES string of the molecule is CC(=O)O[C@H](C)c1c(C)cc(O)c2c1C(=O)c1ccc(-c3ccc4c(c3O)C(O)[C@]35O[C@@]3(C4=O)[C@@H]([C@@H](C)OC(C)=O)[C@@](C)(O)CC5=O)c(O)c1C2=O. The van der Waals surface area contributed by atoms with E-state index in [9.17, 15) is 54.3 Å². The fraction of sp³-hybridized carbons (Fsp3) is 0.368. The van der Waals surface area contributed by atoms with Gasteiger partial charge in [-0.2, -0.15) is 0 Å². The van der Waals surface area contributed by atoms with Crippen LogP contribution < -0.4 is 0 Å². The zero-order chi connectivity index (χ0) is 38.1. The summed E-state index contributed by atoms with van der Waals surface area (Å²) in [6.07, 6.45) is -4.67. The summed E-state index contributed by atoms with van der Waals surface area (Å²) in [4.78, 5) is 79.5. The van der Waals surface area contributed by atoms with Crippen molar-refractivity contribution in [1.82, 2.24) is 0 Å². The standard InChI is InChI=1S/C38H34O14/c1-13-11-22(41)27-28(24(13)14(2)50-16(4)39)31(45)20-9-7-18(29(43)25(20)32(27)46)19-8-10-21-26(30(19)44)35(48)37-23(42)12-36(6,49)33(15(3)51-17(5)40)38(37,52-37)34(21)47/h7-11,14-15,33,35,41,43-44,48-49H,12H2,1-6H3/t14-,15-,33+,35?,36+,37+,38-/m1/s1. The van der Waals surface area contributed by atoms with Crippen LogP contribution in [-0.2, 0) is 28.6 Å². The van der Waals surface area contributed by atoms with Gasteiger partial charge in [0, 0.05) is 59.2 Å². The number of hydrogen-bond acceptors (Lipinski definition) is 14. The molecular formula is C38H34O14. The van der Waals surface area contributed by atoms with Gasteiger partial charge in [0.05, 0.1) is 22.6 Å². The van der Waals surface area contributed by atoms with Crippen LogP contribution in [0.15, 0.2) is 30.3 Å². The van der Waals surface area contributed by atoms with Crippen LogP contribution in [0.4, 0.5) is 0 Å². The van der Waals surface area contributed by atoms with Crippen LogP contribution in [0, 0.1) is 12.8 Å². The molecule has 1 saturated heterocycles. The van der Waals surface area contributed by atoms with Gasteiger partial charge in [-0.1, -0.05) is 6.07 Å². The number of aryl methyl sites for hydroxylation is 1. The molecule has 1 aliphatic heterocycles. The minimum atomic E-state index is -2.24. The summed E-state index contributed by atoms with van der Waals surface area (Å²) in [5, 5.41) is 57.3. The number of hydrogen-bond donors (Lipinski definition) is 5. The highest BCUT2D eigenvalue weighted by atomic mass is 16.7. The molecule has 0 radical (unpaired) electrons. The number of epoxide rings is 1. The second-order valence-electron chi connectivity index (χ2n) is 14.1. The Bertz CT molecular complexity index is 2230. The number of carbonyl (C=O) groups is 6. The highest BCUT2D eigenvalue weighted by molar-refractivity contribution is 6.31.